The highest BCUT2D eigenvalue weighted by atomic mass is 32.1. The minimum Gasteiger partial charge on any atom is -0.459 e. The second-order valence-electron chi connectivity index (χ2n) is 5.49. The number of thiazole rings is 1. The molecule has 0 bridgehead atoms. The molecular formula is C17H16N2O3S. The third-order valence-corrected chi connectivity index (χ3v) is 4.96. The number of carbonyl (C=O) groups excluding carboxylic acids is 1. The first kappa shape index (κ1) is 14.4. The number of hydrogen-bond donors (Lipinski definition) is 0. The minimum absolute atomic E-state index is 0.0564. The molecule has 0 spiro atoms. The fraction of sp³-hybridized carbons (Fsp3) is 0.294. The van der Waals surface area contributed by atoms with Crippen LogP contribution in [-0.2, 0) is 4.74 Å². The van der Waals surface area contributed by atoms with Crippen molar-refractivity contribution in [3.63, 3.8) is 0 Å². The summed E-state index contributed by atoms with van der Waals surface area (Å²) in [7, 11) is 0. The number of ether oxygens (including phenoxy) is 1. The Labute approximate surface area is 137 Å². The Morgan fingerprint density at radius 3 is 2.96 bits per heavy atom. The molecule has 1 saturated heterocycles. The average Bonchev–Trinajstić information content (AvgIpc) is 3.32. The molecule has 3 aromatic rings. The van der Waals surface area contributed by atoms with Gasteiger partial charge in [0.15, 0.2) is 10.9 Å². The Bertz CT molecular complexity index is 773. The van der Waals surface area contributed by atoms with Crippen molar-refractivity contribution in [2.45, 2.75) is 18.9 Å². The number of nitrogens with zero attached hydrogens (tertiary/aromatic N) is 2. The van der Waals surface area contributed by atoms with E-state index < -0.39 is 0 Å². The van der Waals surface area contributed by atoms with Crippen molar-refractivity contribution >= 4 is 32.6 Å². The van der Waals surface area contributed by atoms with Crippen LogP contribution in [0.1, 0.15) is 23.4 Å². The zero-order chi connectivity index (χ0) is 15.6. The molecule has 118 valence electrons. The van der Waals surface area contributed by atoms with E-state index in [1.165, 1.54) is 17.6 Å². The second-order valence-corrected chi connectivity index (χ2v) is 6.50. The maximum Gasteiger partial charge on any atom is 0.295 e. The number of para-hydroxylation sites is 1. The van der Waals surface area contributed by atoms with Crippen LogP contribution in [0.4, 0.5) is 5.13 Å². The van der Waals surface area contributed by atoms with E-state index in [1.54, 1.807) is 17.0 Å². The van der Waals surface area contributed by atoms with Crippen molar-refractivity contribution in [3.05, 3.63) is 48.4 Å². The van der Waals surface area contributed by atoms with E-state index in [-0.39, 0.29) is 12.0 Å². The molecule has 1 aliphatic heterocycles. The van der Waals surface area contributed by atoms with Crippen LogP contribution in [0, 0.1) is 0 Å². The molecule has 3 heterocycles. The molecule has 1 atom stereocenters. The van der Waals surface area contributed by atoms with Crippen molar-refractivity contribution in [1.29, 1.82) is 0 Å². The van der Waals surface area contributed by atoms with Gasteiger partial charge in [0.25, 0.3) is 5.91 Å². The molecule has 0 radical (unpaired) electrons. The van der Waals surface area contributed by atoms with Gasteiger partial charge in [0.1, 0.15) is 0 Å². The summed E-state index contributed by atoms with van der Waals surface area (Å²) >= 11 is 1.51. The van der Waals surface area contributed by atoms with Crippen LogP contribution in [0.5, 0.6) is 0 Å². The van der Waals surface area contributed by atoms with Crippen molar-refractivity contribution in [2.24, 2.45) is 0 Å². The second kappa shape index (κ2) is 6.14. The van der Waals surface area contributed by atoms with Gasteiger partial charge in [0, 0.05) is 6.61 Å². The Kier molecular flexibility index (Phi) is 3.85. The summed E-state index contributed by atoms with van der Waals surface area (Å²) in [5.74, 6) is 0.145. The summed E-state index contributed by atoms with van der Waals surface area (Å²) in [5.41, 5.74) is 0.900. The van der Waals surface area contributed by atoms with E-state index in [0.717, 1.165) is 29.7 Å². The molecule has 1 aromatic carbocycles. The maximum absolute atomic E-state index is 12.8. The number of rotatable bonds is 4. The highest BCUT2D eigenvalue weighted by molar-refractivity contribution is 7.22. The highest BCUT2D eigenvalue weighted by Crippen LogP contribution is 2.30. The van der Waals surface area contributed by atoms with Gasteiger partial charge < -0.3 is 9.15 Å². The van der Waals surface area contributed by atoms with Gasteiger partial charge in [0.2, 0.25) is 0 Å². The van der Waals surface area contributed by atoms with Gasteiger partial charge >= 0.3 is 0 Å². The van der Waals surface area contributed by atoms with E-state index in [1.807, 2.05) is 24.3 Å². The molecule has 0 saturated carbocycles. The predicted octanol–water partition coefficient (Wildman–Crippen LogP) is 3.72. The Morgan fingerprint density at radius 1 is 1.30 bits per heavy atom. The quantitative estimate of drug-likeness (QED) is 0.732. The molecule has 1 aliphatic rings. The minimum atomic E-state index is -0.176. The van der Waals surface area contributed by atoms with E-state index in [0.29, 0.717) is 17.4 Å². The Morgan fingerprint density at radius 2 is 2.22 bits per heavy atom. The van der Waals surface area contributed by atoms with Crippen LogP contribution in [0.25, 0.3) is 10.2 Å². The lowest BCUT2D eigenvalue weighted by Crippen LogP contribution is -2.37. The zero-order valence-electron chi connectivity index (χ0n) is 12.5. The van der Waals surface area contributed by atoms with Crippen LogP contribution >= 0.6 is 11.3 Å². The van der Waals surface area contributed by atoms with E-state index >= 15 is 0 Å². The van der Waals surface area contributed by atoms with Gasteiger partial charge in [-0.25, -0.2) is 4.98 Å². The average molecular weight is 328 g/mol. The van der Waals surface area contributed by atoms with Gasteiger partial charge in [0.05, 0.1) is 29.1 Å². The van der Waals surface area contributed by atoms with Crippen LogP contribution in [0.2, 0.25) is 0 Å². The number of carbonyl (C=O) groups is 1. The summed E-state index contributed by atoms with van der Waals surface area (Å²) in [5, 5.41) is 0.683. The van der Waals surface area contributed by atoms with E-state index in [2.05, 4.69) is 4.98 Å². The lowest BCUT2D eigenvalue weighted by molar-refractivity contribution is 0.0895. The highest BCUT2D eigenvalue weighted by Gasteiger charge is 2.28. The van der Waals surface area contributed by atoms with Gasteiger partial charge in [-0.05, 0) is 37.1 Å². The summed E-state index contributed by atoms with van der Waals surface area (Å²) in [6.45, 7) is 1.26. The molecule has 6 heteroatoms. The maximum atomic E-state index is 12.8. The first-order valence-corrected chi connectivity index (χ1v) is 8.45. The van der Waals surface area contributed by atoms with E-state index in [9.17, 15) is 4.79 Å². The molecule has 2 aromatic heterocycles. The number of aromatic nitrogens is 1. The fourth-order valence-electron chi connectivity index (χ4n) is 2.75. The van der Waals surface area contributed by atoms with Gasteiger partial charge in [-0.15, -0.1) is 0 Å². The SMILES string of the molecule is O=C(c1ccco1)N(CC1CCCO1)c1nc2ccccc2s1. The van der Waals surface area contributed by atoms with Crippen LogP contribution < -0.4 is 4.90 Å². The normalized spacial score (nSPS) is 17.7. The number of hydrogen-bond acceptors (Lipinski definition) is 5. The molecule has 5 nitrogen and oxygen atoms in total. The van der Waals surface area contributed by atoms with Crippen molar-refractivity contribution in [1.82, 2.24) is 4.98 Å². The monoisotopic (exact) mass is 328 g/mol. The predicted molar refractivity (Wildman–Crippen MR) is 89.0 cm³/mol. The van der Waals surface area contributed by atoms with Gasteiger partial charge in [-0.3, -0.25) is 9.69 Å². The standard InChI is InChI=1S/C17H16N2O3S/c20-16(14-7-4-10-22-14)19(11-12-5-3-9-21-12)17-18-13-6-1-2-8-15(13)23-17/h1-2,4,6-8,10,12H,3,5,9,11H2. The molecule has 0 aliphatic carbocycles. The van der Waals surface area contributed by atoms with Crippen molar-refractivity contribution < 1.29 is 13.9 Å². The molecular weight excluding hydrogens is 312 g/mol. The number of benzene rings is 1. The number of furan rings is 1. The Balaban J connectivity index is 1.69. The summed E-state index contributed by atoms with van der Waals surface area (Å²) in [6.07, 6.45) is 3.57. The fourth-order valence-corrected chi connectivity index (χ4v) is 3.72. The molecule has 0 N–H and O–H groups in total. The Hall–Kier alpha value is -2.18. The first-order valence-electron chi connectivity index (χ1n) is 7.64. The molecule has 1 amide bonds. The first-order chi connectivity index (χ1) is 11.3. The largest absolute Gasteiger partial charge is 0.459 e. The smallest absolute Gasteiger partial charge is 0.295 e. The molecule has 1 unspecified atom stereocenters. The lowest BCUT2D eigenvalue weighted by Gasteiger charge is -2.22. The van der Waals surface area contributed by atoms with Gasteiger partial charge in [-0.2, -0.15) is 0 Å². The third kappa shape index (κ3) is 2.87. The number of anilines is 1. The molecule has 4 rings (SSSR count). The summed E-state index contributed by atoms with van der Waals surface area (Å²) in [6, 6.07) is 11.3. The van der Waals surface area contributed by atoms with Gasteiger partial charge in [-0.1, -0.05) is 23.5 Å². The summed E-state index contributed by atoms with van der Waals surface area (Å²) in [4.78, 5) is 19.1. The zero-order valence-corrected chi connectivity index (χ0v) is 13.3. The van der Waals surface area contributed by atoms with Crippen LogP contribution in [-0.4, -0.2) is 30.1 Å². The van der Waals surface area contributed by atoms with Crippen LogP contribution in [0.15, 0.2) is 47.1 Å². The van der Waals surface area contributed by atoms with Crippen molar-refractivity contribution in [3.8, 4) is 0 Å². The van der Waals surface area contributed by atoms with Crippen molar-refractivity contribution in [2.75, 3.05) is 18.1 Å². The van der Waals surface area contributed by atoms with E-state index in [4.69, 9.17) is 9.15 Å². The molecule has 1 fully saturated rings. The lowest BCUT2D eigenvalue weighted by atomic mass is 10.2. The van der Waals surface area contributed by atoms with Crippen LogP contribution in [0.3, 0.4) is 0 Å². The molecule has 23 heavy (non-hydrogen) atoms. The number of fused-ring (bicyclic) bond motifs is 1. The third-order valence-electron chi connectivity index (χ3n) is 3.90. The number of amides is 1. The summed E-state index contributed by atoms with van der Waals surface area (Å²) < 4.78 is 12.0. The topological polar surface area (TPSA) is 55.6 Å².